The van der Waals surface area contributed by atoms with Crippen LogP contribution in [0.4, 0.5) is 0 Å². The van der Waals surface area contributed by atoms with Crippen LogP contribution in [-0.4, -0.2) is 99.6 Å². The number of aryl methyl sites for hydroxylation is 1. The molecule has 2 rings (SSSR count). The lowest BCUT2D eigenvalue weighted by Crippen LogP contribution is -2.50. The molecule has 0 aliphatic heterocycles. The predicted octanol–water partition coefficient (Wildman–Crippen LogP) is 1.99. The summed E-state index contributed by atoms with van der Waals surface area (Å²) in [6.07, 6.45) is 8.84. The molecule has 9 heteroatoms. The minimum Gasteiger partial charge on any atom is -0.394 e. The Morgan fingerprint density at radius 2 is 1.45 bits per heavy atom. The number of amides is 1. The van der Waals surface area contributed by atoms with Gasteiger partial charge in [0.2, 0.25) is 5.91 Å². The minimum atomic E-state index is -1.64. The molecule has 9 nitrogen and oxygen atoms in total. The van der Waals surface area contributed by atoms with E-state index in [0.29, 0.717) is 25.9 Å². The average Bonchev–Trinajstić information content (AvgIpc) is 2.99. The molecule has 8 N–H and O–H groups in total. The molecule has 0 radical (unpaired) electrons. The van der Waals surface area contributed by atoms with Gasteiger partial charge in [-0.3, -0.25) is 4.79 Å². The second kappa shape index (κ2) is 20.4. The topological polar surface area (TPSA) is 160 Å². The maximum Gasteiger partial charge on any atom is 0.234 e. The van der Waals surface area contributed by atoms with E-state index in [0.717, 1.165) is 51.5 Å². The van der Waals surface area contributed by atoms with Crippen LogP contribution in [0.2, 0.25) is 0 Å². The lowest BCUT2D eigenvalue weighted by atomic mass is 9.82. The summed E-state index contributed by atoms with van der Waals surface area (Å²) in [5.41, 5.74) is 11.4. The van der Waals surface area contributed by atoms with Crippen LogP contribution in [0.3, 0.4) is 0 Å². The Bertz CT molecular complexity index is 901. The maximum atomic E-state index is 12.4. The van der Waals surface area contributed by atoms with Crippen molar-refractivity contribution >= 4 is 5.91 Å². The average molecular weight is 594 g/mol. The highest BCUT2D eigenvalue weighted by molar-refractivity contribution is 5.80. The molecule has 0 spiro atoms. The zero-order valence-electron chi connectivity index (χ0n) is 26.1. The van der Waals surface area contributed by atoms with Gasteiger partial charge in [-0.2, -0.15) is 0 Å². The number of primary amides is 1. The highest BCUT2D eigenvalue weighted by Gasteiger charge is 2.31. The number of hydrogen-bond donors (Lipinski definition) is 7. The number of carbonyl (C=O) groups is 1. The highest BCUT2D eigenvalue weighted by Crippen LogP contribution is 2.29. The van der Waals surface area contributed by atoms with Crippen LogP contribution in [0, 0.1) is 0 Å². The van der Waals surface area contributed by atoms with Gasteiger partial charge in [-0.15, -0.1) is 0 Å². The van der Waals surface area contributed by atoms with Crippen molar-refractivity contribution < 1.29 is 30.3 Å². The van der Waals surface area contributed by atoms with Gasteiger partial charge < -0.3 is 41.5 Å². The van der Waals surface area contributed by atoms with Gasteiger partial charge in [0, 0.05) is 6.54 Å². The standard InChI is InChI=1S/C33H59N3O6/c1-3-5-7-11-19-36(22-29(38)31(40)32(41)30(39)23-37)20-12-18-35-28(33(34)42)21-25-17-16-24(13-8-6-4-2)26-14-9-10-15-27(25)26/h16-17,28-32,35,37-41H,3-15,18-23H2,1-2H3,(H2,34,42). The van der Waals surface area contributed by atoms with E-state index in [1.165, 1.54) is 54.4 Å². The van der Waals surface area contributed by atoms with Crippen molar-refractivity contribution in [2.24, 2.45) is 5.73 Å². The molecule has 0 saturated heterocycles. The Kier molecular flexibility index (Phi) is 17.8. The fraction of sp³-hybridized carbons (Fsp3) is 0.788. The van der Waals surface area contributed by atoms with Gasteiger partial charge in [0.05, 0.1) is 18.8 Å². The first kappa shape index (κ1) is 36.6. The van der Waals surface area contributed by atoms with Crippen molar-refractivity contribution in [2.75, 3.05) is 32.8 Å². The molecular weight excluding hydrogens is 534 g/mol. The molecule has 5 unspecified atom stereocenters. The summed E-state index contributed by atoms with van der Waals surface area (Å²) in [6.45, 7) is 5.70. The smallest absolute Gasteiger partial charge is 0.234 e. The van der Waals surface area contributed by atoms with E-state index >= 15 is 0 Å². The van der Waals surface area contributed by atoms with E-state index in [1.807, 2.05) is 4.90 Å². The number of aliphatic hydroxyl groups excluding tert-OH is 5. The van der Waals surface area contributed by atoms with Gasteiger partial charge >= 0.3 is 0 Å². The molecule has 0 fully saturated rings. The van der Waals surface area contributed by atoms with Crippen LogP contribution in [0.1, 0.15) is 100 Å². The fourth-order valence-corrected chi connectivity index (χ4v) is 6.07. The number of nitrogens with zero attached hydrogens (tertiary/aromatic N) is 1. The number of carbonyl (C=O) groups excluding carboxylic acids is 1. The predicted molar refractivity (Wildman–Crippen MR) is 167 cm³/mol. The molecule has 1 aliphatic rings. The lowest BCUT2D eigenvalue weighted by Gasteiger charge is -2.30. The third-order valence-electron chi connectivity index (χ3n) is 8.69. The maximum absolute atomic E-state index is 12.4. The van der Waals surface area contributed by atoms with Gasteiger partial charge in [0.15, 0.2) is 0 Å². The second-order valence-corrected chi connectivity index (χ2v) is 12.1. The number of nitrogens with one attached hydrogen (secondary N) is 1. The molecule has 0 bridgehead atoms. The molecule has 1 aliphatic carbocycles. The Hall–Kier alpha value is -1.59. The van der Waals surface area contributed by atoms with Crippen molar-refractivity contribution in [2.45, 2.75) is 134 Å². The SMILES string of the molecule is CCCCCCN(CCCNC(Cc1ccc(CCCCC)c2c1CCCC2)C(N)=O)CC(O)C(O)C(O)C(O)CO. The normalized spacial score (nSPS) is 17.0. The highest BCUT2D eigenvalue weighted by atomic mass is 16.4. The van der Waals surface area contributed by atoms with Crippen LogP contribution >= 0.6 is 0 Å². The van der Waals surface area contributed by atoms with Crippen molar-refractivity contribution in [3.05, 3.63) is 34.4 Å². The largest absolute Gasteiger partial charge is 0.394 e. The van der Waals surface area contributed by atoms with E-state index in [4.69, 9.17) is 10.8 Å². The van der Waals surface area contributed by atoms with E-state index in [-0.39, 0.29) is 12.5 Å². The molecule has 1 aromatic rings. The van der Waals surface area contributed by atoms with Crippen LogP contribution in [-0.2, 0) is 30.5 Å². The number of benzene rings is 1. The number of fused-ring (bicyclic) bond motifs is 1. The number of unbranched alkanes of at least 4 members (excludes halogenated alkanes) is 5. The van der Waals surface area contributed by atoms with Crippen molar-refractivity contribution in [3.63, 3.8) is 0 Å². The van der Waals surface area contributed by atoms with E-state index < -0.39 is 37.1 Å². The van der Waals surface area contributed by atoms with E-state index in [2.05, 4.69) is 31.3 Å². The summed E-state index contributed by atoms with van der Waals surface area (Å²) in [5.74, 6) is -0.363. The second-order valence-electron chi connectivity index (χ2n) is 12.1. The summed E-state index contributed by atoms with van der Waals surface area (Å²) in [5, 5.41) is 52.9. The first-order valence-corrected chi connectivity index (χ1v) is 16.4. The Morgan fingerprint density at radius 1 is 0.857 bits per heavy atom. The third-order valence-corrected chi connectivity index (χ3v) is 8.69. The molecule has 0 saturated carbocycles. The van der Waals surface area contributed by atoms with Crippen LogP contribution in [0.5, 0.6) is 0 Å². The molecule has 0 aromatic heterocycles. The minimum absolute atomic E-state index is 0.124. The summed E-state index contributed by atoms with van der Waals surface area (Å²) < 4.78 is 0. The first-order valence-electron chi connectivity index (χ1n) is 16.4. The molecule has 242 valence electrons. The van der Waals surface area contributed by atoms with Gasteiger partial charge in [0.25, 0.3) is 0 Å². The molecule has 1 aromatic carbocycles. The molecule has 42 heavy (non-hydrogen) atoms. The van der Waals surface area contributed by atoms with Gasteiger partial charge in [-0.05, 0) is 99.7 Å². The van der Waals surface area contributed by atoms with Crippen molar-refractivity contribution in [1.82, 2.24) is 10.2 Å². The number of rotatable bonds is 23. The quantitative estimate of drug-likeness (QED) is 0.0949. The summed E-state index contributed by atoms with van der Waals surface area (Å²) >= 11 is 0. The van der Waals surface area contributed by atoms with Crippen LogP contribution < -0.4 is 11.1 Å². The third kappa shape index (κ3) is 12.2. The molecule has 1 amide bonds. The van der Waals surface area contributed by atoms with E-state index in [1.54, 1.807) is 0 Å². The molecule has 0 heterocycles. The number of hydrogen-bond acceptors (Lipinski definition) is 8. The first-order chi connectivity index (χ1) is 20.2. The summed E-state index contributed by atoms with van der Waals surface area (Å²) in [6, 6.07) is 4.00. The Morgan fingerprint density at radius 3 is 2.10 bits per heavy atom. The molecular formula is C33H59N3O6. The number of nitrogens with two attached hydrogens (primary N) is 1. The summed E-state index contributed by atoms with van der Waals surface area (Å²) in [4.78, 5) is 14.5. The van der Waals surface area contributed by atoms with Crippen LogP contribution in [0.25, 0.3) is 0 Å². The van der Waals surface area contributed by atoms with Gasteiger partial charge in [-0.25, -0.2) is 0 Å². The number of aliphatic hydroxyl groups is 5. The van der Waals surface area contributed by atoms with E-state index in [9.17, 15) is 25.2 Å². The van der Waals surface area contributed by atoms with Gasteiger partial charge in [-0.1, -0.05) is 58.1 Å². The van der Waals surface area contributed by atoms with Crippen molar-refractivity contribution in [3.8, 4) is 0 Å². The zero-order valence-corrected chi connectivity index (χ0v) is 26.1. The Balaban J connectivity index is 1.98. The molecule has 5 atom stereocenters. The van der Waals surface area contributed by atoms with Crippen molar-refractivity contribution in [1.29, 1.82) is 0 Å². The summed E-state index contributed by atoms with van der Waals surface area (Å²) in [7, 11) is 0. The van der Waals surface area contributed by atoms with Gasteiger partial charge in [0.1, 0.15) is 18.3 Å². The lowest BCUT2D eigenvalue weighted by molar-refractivity contribution is -0.120. The monoisotopic (exact) mass is 593 g/mol. The zero-order chi connectivity index (χ0) is 30.9. The fourth-order valence-electron chi connectivity index (χ4n) is 6.07. The Labute approximate surface area is 253 Å². The van der Waals surface area contributed by atoms with Crippen LogP contribution in [0.15, 0.2) is 12.1 Å².